The summed E-state index contributed by atoms with van der Waals surface area (Å²) in [6.07, 6.45) is 5.93. The largest absolute Gasteiger partial charge is 0.312 e. The molecule has 1 unspecified atom stereocenters. The number of fused-ring (bicyclic) bond motifs is 1. The summed E-state index contributed by atoms with van der Waals surface area (Å²) in [6, 6.07) is 3.99. The third kappa shape index (κ3) is 2.18. The number of nitrogens with zero attached hydrogens (tertiary/aromatic N) is 3. The van der Waals surface area contributed by atoms with Crippen molar-refractivity contribution in [2.24, 2.45) is 0 Å². The van der Waals surface area contributed by atoms with Crippen molar-refractivity contribution in [2.45, 2.75) is 38.0 Å². The van der Waals surface area contributed by atoms with Crippen molar-refractivity contribution in [3.63, 3.8) is 0 Å². The number of hydrogen-bond acceptors (Lipinski definition) is 3. The van der Waals surface area contributed by atoms with Gasteiger partial charge in [-0.05, 0) is 37.7 Å². The first-order chi connectivity index (χ1) is 8.34. The van der Waals surface area contributed by atoms with Gasteiger partial charge in [0.2, 0.25) is 0 Å². The fraction of sp³-hybridized carbons (Fsp3) is 0.538. The van der Waals surface area contributed by atoms with Crippen molar-refractivity contribution >= 4 is 22.9 Å². The normalized spacial score (nSPS) is 20.9. The first-order valence-electron chi connectivity index (χ1n) is 6.24. The molecule has 3 rings (SSSR count). The Labute approximate surface area is 106 Å². The summed E-state index contributed by atoms with van der Waals surface area (Å²) in [5.74, 6) is 2.40. The van der Waals surface area contributed by atoms with Gasteiger partial charge in [0.25, 0.3) is 0 Å². The van der Waals surface area contributed by atoms with Crippen molar-refractivity contribution in [3.05, 3.63) is 24.2 Å². The van der Waals surface area contributed by atoms with E-state index in [2.05, 4.69) is 33.2 Å². The highest BCUT2D eigenvalue weighted by atomic mass is 32.2. The van der Waals surface area contributed by atoms with Gasteiger partial charge in [0.05, 0.1) is 0 Å². The van der Waals surface area contributed by atoms with Gasteiger partial charge in [-0.2, -0.15) is 11.8 Å². The molecule has 0 aliphatic carbocycles. The monoisotopic (exact) mass is 247 g/mol. The van der Waals surface area contributed by atoms with Crippen molar-refractivity contribution in [3.8, 4) is 0 Å². The van der Waals surface area contributed by atoms with Gasteiger partial charge in [0, 0.05) is 18.0 Å². The molecule has 1 aliphatic rings. The zero-order chi connectivity index (χ0) is 11.7. The van der Waals surface area contributed by atoms with Gasteiger partial charge in [-0.3, -0.25) is 0 Å². The molecule has 2 aromatic heterocycles. The molecule has 3 heterocycles. The van der Waals surface area contributed by atoms with E-state index in [-0.39, 0.29) is 0 Å². The van der Waals surface area contributed by atoms with Crippen LogP contribution >= 0.6 is 11.8 Å². The highest BCUT2D eigenvalue weighted by molar-refractivity contribution is 7.99. The first kappa shape index (κ1) is 11.1. The van der Waals surface area contributed by atoms with E-state index in [1.807, 2.05) is 18.3 Å². The van der Waals surface area contributed by atoms with Crippen LogP contribution in [0.2, 0.25) is 0 Å². The highest BCUT2D eigenvalue weighted by Gasteiger charge is 2.17. The van der Waals surface area contributed by atoms with Crippen molar-refractivity contribution in [2.75, 3.05) is 5.75 Å². The van der Waals surface area contributed by atoms with E-state index in [4.69, 9.17) is 0 Å². The van der Waals surface area contributed by atoms with Gasteiger partial charge in [-0.25, -0.2) is 9.97 Å². The van der Waals surface area contributed by atoms with E-state index >= 15 is 0 Å². The Morgan fingerprint density at radius 3 is 3.24 bits per heavy atom. The SMILES string of the molecule is Cc1nc2cccnc2n1CC1CCCCS1. The number of pyridine rings is 1. The lowest BCUT2D eigenvalue weighted by Gasteiger charge is -2.22. The third-order valence-electron chi connectivity index (χ3n) is 3.35. The van der Waals surface area contributed by atoms with Crippen LogP contribution in [0, 0.1) is 6.92 Å². The lowest BCUT2D eigenvalue weighted by Crippen LogP contribution is -2.18. The fourth-order valence-electron chi connectivity index (χ4n) is 2.45. The molecule has 1 fully saturated rings. The topological polar surface area (TPSA) is 30.7 Å². The average Bonchev–Trinajstić information content (AvgIpc) is 2.68. The lowest BCUT2D eigenvalue weighted by molar-refractivity contribution is 0.581. The average molecular weight is 247 g/mol. The van der Waals surface area contributed by atoms with E-state index in [1.54, 1.807) is 0 Å². The van der Waals surface area contributed by atoms with E-state index in [0.717, 1.165) is 28.8 Å². The van der Waals surface area contributed by atoms with Gasteiger partial charge in [-0.15, -0.1) is 0 Å². The van der Waals surface area contributed by atoms with E-state index in [1.165, 1.54) is 25.0 Å². The Bertz CT molecular complexity index is 514. The van der Waals surface area contributed by atoms with Crippen LogP contribution in [0.25, 0.3) is 11.2 Å². The van der Waals surface area contributed by atoms with Gasteiger partial charge < -0.3 is 4.57 Å². The van der Waals surface area contributed by atoms with Gasteiger partial charge in [-0.1, -0.05) is 6.42 Å². The van der Waals surface area contributed by atoms with E-state index < -0.39 is 0 Å². The van der Waals surface area contributed by atoms with Crippen molar-refractivity contribution in [1.82, 2.24) is 14.5 Å². The molecule has 0 saturated carbocycles. The molecule has 1 aliphatic heterocycles. The van der Waals surface area contributed by atoms with Crippen LogP contribution in [-0.2, 0) is 6.54 Å². The van der Waals surface area contributed by atoms with Crippen LogP contribution in [-0.4, -0.2) is 25.5 Å². The molecule has 0 aromatic carbocycles. The molecular formula is C13H17N3S. The number of thioether (sulfide) groups is 1. The number of imidazole rings is 1. The predicted octanol–water partition coefficient (Wildman–Crippen LogP) is 3.03. The maximum Gasteiger partial charge on any atom is 0.160 e. The molecule has 0 amide bonds. The van der Waals surface area contributed by atoms with Gasteiger partial charge >= 0.3 is 0 Å². The molecule has 0 spiro atoms. The Morgan fingerprint density at radius 2 is 2.41 bits per heavy atom. The molecule has 0 N–H and O–H groups in total. The first-order valence-corrected chi connectivity index (χ1v) is 7.29. The molecule has 1 saturated heterocycles. The number of hydrogen-bond donors (Lipinski definition) is 0. The second-order valence-electron chi connectivity index (χ2n) is 4.60. The summed E-state index contributed by atoms with van der Waals surface area (Å²) in [5.41, 5.74) is 2.06. The number of rotatable bonds is 2. The number of aromatic nitrogens is 3. The van der Waals surface area contributed by atoms with Crippen molar-refractivity contribution < 1.29 is 0 Å². The van der Waals surface area contributed by atoms with Crippen molar-refractivity contribution in [1.29, 1.82) is 0 Å². The van der Waals surface area contributed by atoms with Crippen LogP contribution in [0.3, 0.4) is 0 Å². The zero-order valence-corrected chi connectivity index (χ0v) is 10.9. The standard InChI is InChI=1S/C13H17N3S/c1-10-15-12-6-4-7-14-13(12)16(10)9-11-5-2-3-8-17-11/h4,6-7,11H,2-3,5,8-9H2,1H3. The molecule has 2 aromatic rings. The second kappa shape index (κ2) is 4.69. The Kier molecular flexibility index (Phi) is 3.05. The third-order valence-corrected chi connectivity index (χ3v) is 4.74. The van der Waals surface area contributed by atoms with Crippen LogP contribution < -0.4 is 0 Å². The number of aryl methyl sites for hydroxylation is 1. The maximum absolute atomic E-state index is 4.57. The zero-order valence-electron chi connectivity index (χ0n) is 10.1. The smallest absolute Gasteiger partial charge is 0.160 e. The maximum atomic E-state index is 4.57. The highest BCUT2D eigenvalue weighted by Crippen LogP contribution is 2.27. The minimum atomic E-state index is 0.738. The van der Waals surface area contributed by atoms with Crippen LogP contribution in [0.15, 0.2) is 18.3 Å². The summed E-state index contributed by atoms with van der Waals surface area (Å²) in [6.45, 7) is 3.14. The molecule has 0 bridgehead atoms. The quantitative estimate of drug-likeness (QED) is 0.817. The summed E-state index contributed by atoms with van der Waals surface area (Å²) in [4.78, 5) is 9.03. The molecule has 4 heteroatoms. The Hall–Kier alpha value is -1.03. The summed E-state index contributed by atoms with van der Waals surface area (Å²) in [7, 11) is 0. The fourth-order valence-corrected chi connectivity index (χ4v) is 3.74. The van der Waals surface area contributed by atoms with Crippen LogP contribution in [0.5, 0.6) is 0 Å². The van der Waals surface area contributed by atoms with E-state index in [9.17, 15) is 0 Å². The molecule has 3 nitrogen and oxygen atoms in total. The molecule has 0 radical (unpaired) electrons. The minimum Gasteiger partial charge on any atom is -0.312 e. The van der Waals surface area contributed by atoms with Gasteiger partial charge in [0.1, 0.15) is 11.3 Å². The van der Waals surface area contributed by atoms with E-state index in [0.29, 0.717) is 0 Å². The predicted molar refractivity (Wildman–Crippen MR) is 72.4 cm³/mol. The summed E-state index contributed by atoms with van der Waals surface area (Å²) >= 11 is 2.10. The molecule has 1 atom stereocenters. The molecule has 17 heavy (non-hydrogen) atoms. The van der Waals surface area contributed by atoms with Crippen LogP contribution in [0.4, 0.5) is 0 Å². The van der Waals surface area contributed by atoms with Crippen LogP contribution in [0.1, 0.15) is 25.1 Å². The summed E-state index contributed by atoms with van der Waals surface area (Å²) < 4.78 is 2.28. The summed E-state index contributed by atoms with van der Waals surface area (Å²) in [5, 5.41) is 0.738. The molecular weight excluding hydrogens is 230 g/mol. The molecule has 90 valence electrons. The minimum absolute atomic E-state index is 0.738. The Morgan fingerprint density at radius 1 is 1.47 bits per heavy atom. The lowest BCUT2D eigenvalue weighted by atomic mass is 10.2. The Balaban J connectivity index is 1.90. The van der Waals surface area contributed by atoms with Gasteiger partial charge in [0.15, 0.2) is 5.65 Å². The second-order valence-corrected chi connectivity index (χ2v) is 6.01.